The maximum Gasteiger partial charge on any atom is 0.247 e. The van der Waals surface area contributed by atoms with Gasteiger partial charge in [-0.3, -0.25) is 0 Å². The zero-order chi connectivity index (χ0) is 14.9. The van der Waals surface area contributed by atoms with Crippen LogP contribution in [-0.2, 0) is 10.0 Å². The molecule has 7 heteroatoms. The lowest BCUT2D eigenvalue weighted by molar-refractivity contribution is 0.375. The van der Waals surface area contributed by atoms with Gasteiger partial charge in [-0.05, 0) is 44.0 Å². The maximum atomic E-state index is 12.8. The molecule has 1 aromatic rings. The first-order valence-corrected chi connectivity index (χ1v) is 8.16. The Labute approximate surface area is 133 Å². The summed E-state index contributed by atoms with van der Waals surface area (Å²) in [5, 5.41) is 3.19. The molecule has 1 unspecified atom stereocenters. The first kappa shape index (κ1) is 18.2. The first-order chi connectivity index (χ1) is 9.37. The van der Waals surface area contributed by atoms with Crippen molar-refractivity contribution >= 4 is 22.4 Å². The zero-order valence-electron chi connectivity index (χ0n) is 12.8. The summed E-state index contributed by atoms with van der Waals surface area (Å²) in [6.45, 7) is 5.29. The fourth-order valence-corrected chi connectivity index (χ4v) is 4.41. The highest BCUT2D eigenvalue weighted by atomic mass is 35.5. The van der Waals surface area contributed by atoms with Gasteiger partial charge in [0.25, 0.3) is 0 Å². The molecule has 0 saturated carbocycles. The predicted molar refractivity (Wildman–Crippen MR) is 85.9 cm³/mol. The Bertz CT molecular complexity index is 598. The van der Waals surface area contributed by atoms with E-state index in [2.05, 4.69) is 5.32 Å². The molecule has 1 heterocycles. The van der Waals surface area contributed by atoms with Gasteiger partial charge in [-0.1, -0.05) is 6.07 Å². The summed E-state index contributed by atoms with van der Waals surface area (Å²) in [5.41, 5.74) is 1.71. The van der Waals surface area contributed by atoms with E-state index in [1.165, 1.54) is 11.4 Å². The maximum absolute atomic E-state index is 12.8. The number of hydrogen-bond donors (Lipinski definition) is 1. The van der Waals surface area contributed by atoms with Crippen molar-refractivity contribution in [2.24, 2.45) is 0 Å². The quantitative estimate of drug-likeness (QED) is 0.910. The van der Waals surface area contributed by atoms with E-state index in [1.807, 2.05) is 19.9 Å². The van der Waals surface area contributed by atoms with Crippen molar-refractivity contribution < 1.29 is 13.2 Å². The Kier molecular flexibility index (Phi) is 6.04. The number of aryl methyl sites for hydroxylation is 2. The summed E-state index contributed by atoms with van der Waals surface area (Å²) < 4.78 is 32.4. The number of likely N-dealkylation sites (N-methyl/N-ethyl adjacent to an activating group) is 1. The monoisotopic (exact) mass is 334 g/mol. The Morgan fingerprint density at radius 2 is 2.00 bits per heavy atom. The highest BCUT2D eigenvalue weighted by Crippen LogP contribution is 2.32. The summed E-state index contributed by atoms with van der Waals surface area (Å²) in [6, 6.07) is 3.64. The molecule has 1 atom stereocenters. The van der Waals surface area contributed by atoms with E-state index < -0.39 is 10.0 Å². The minimum Gasteiger partial charge on any atom is -0.495 e. The number of hydrogen-bond acceptors (Lipinski definition) is 4. The Morgan fingerprint density at radius 1 is 1.33 bits per heavy atom. The molecular formula is C14H23ClN2O3S. The largest absolute Gasteiger partial charge is 0.495 e. The van der Waals surface area contributed by atoms with Crippen LogP contribution in [0.5, 0.6) is 5.75 Å². The van der Waals surface area contributed by atoms with Gasteiger partial charge in [0.15, 0.2) is 0 Å². The third kappa shape index (κ3) is 3.51. The van der Waals surface area contributed by atoms with Gasteiger partial charge >= 0.3 is 0 Å². The van der Waals surface area contributed by atoms with Gasteiger partial charge in [-0.15, -0.1) is 12.4 Å². The molecule has 2 rings (SSSR count). The second kappa shape index (κ2) is 6.96. The summed E-state index contributed by atoms with van der Waals surface area (Å²) >= 11 is 0. The number of halogens is 1. The number of methoxy groups -OCH3 is 1. The topological polar surface area (TPSA) is 58.6 Å². The molecule has 1 saturated heterocycles. The van der Waals surface area contributed by atoms with Crippen molar-refractivity contribution in [1.29, 1.82) is 0 Å². The zero-order valence-corrected chi connectivity index (χ0v) is 14.5. The highest BCUT2D eigenvalue weighted by Gasteiger charge is 2.33. The van der Waals surface area contributed by atoms with Crippen molar-refractivity contribution in [3.8, 4) is 5.75 Å². The van der Waals surface area contributed by atoms with Crippen LogP contribution in [0.25, 0.3) is 0 Å². The molecule has 0 aliphatic carbocycles. The van der Waals surface area contributed by atoms with Crippen LogP contribution in [0.3, 0.4) is 0 Å². The number of benzene rings is 1. The summed E-state index contributed by atoms with van der Waals surface area (Å²) in [6.07, 6.45) is 0.836. The number of nitrogens with zero attached hydrogens (tertiary/aromatic N) is 1. The van der Waals surface area contributed by atoms with Crippen LogP contribution in [0.15, 0.2) is 17.0 Å². The molecule has 0 amide bonds. The van der Waals surface area contributed by atoms with Crippen LogP contribution in [0.1, 0.15) is 17.5 Å². The van der Waals surface area contributed by atoms with E-state index >= 15 is 0 Å². The van der Waals surface area contributed by atoms with E-state index in [0.29, 0.717) is 12.3 Å². The molecule has 120 valence electrons. The third-order valence-electron chi connectivity index (χ3n) is 3.79. The molecule has 0 radical (unpaired) electrons. The summed E-state index contributed by atoms with van der Waals surface area (Å²) in [5.74, 6) is 0.417. The Morgan fingerprint density at radius 3 is 2.52 bits per heavy atom. The van der Waals surface area contributed by atoms with Crippen LogP contribution in [0, 0.1) is 13.8 Å². The fraction of sp³-hybridized carbons (Fsp3) is 0.571. The summed E-state index contributed by atoms with van der Waals surface area (Å²) in [4.78, 5) is 0.278. The normalized spacial score (nSPS) is 18.6. The van der Waals surface area contributed by atoms with Crippen LogP contribution >= 0.6 is 12.4 Å². The van der Waals surface area contributed by atoms with Gasteiger partial charge < -0.3 is 10.1 Å². The Balaban J connectivity index is 0.00000220. The minimum atomic E-state index is -3.54. The van der Waals surface area contributed by atoms with Gasteiger partial charge in [0.1, 0.15) is 10.6 Å². The lowest BCUT2D eigenvalue weighted by Gasteiger charge is -2.25. The number of nitrogens with one attached hydrogen (secondary N) is 1. The number of sulfonamides is 1. The smallest absolute Gasteiger partial charge is 0.247 e. The Hall–Kier alpha value is -0.820. The van der Waals surface area contributed by atoms with Crippen molar-refractivity contribution in [2.45, 2.75) is 31.2 Å². The predicted octanol–water partition coefficient (Wildman–Crippen LogP) is 1.72. The average Bonchev–Trinajstić information content (AvgIpc) is 2.89. The highest BCUT2D eigenvalue weighted by molar-refractivity contribution is 7.89. The number of rotatable bonds is 4. The van der Waals surface area contributed by atoms with Crippen LogP contribution < -0.4 is 10.1 Å². The first-order valence-electron chi connectivity index (χ1n) is 6.72. The third-order valence-corrected chi connectivity index (χ3v) is 5.89. The molecule has 5 nitrogen and oxygen atoms in total. The molecule has 1 aliphatic heterocycles. The van der Waals surface area contributed by atoms with Gasteiger partial charge in [0.05, 0.1) is 7.11 Å². The SMILES string of the molecule is COc1cc(C)cc(C)c1S(=O)(=O)N(C)C1CCNC1.Cl. The fourth-order valence-electron chi connectivity index (χ4n) is 2.69. The standard InChI is InChI=1S/C14H22N2O3S.ClH/c1-10-7-11(2)14(13(8-10)19-4)20(17,18)16(3)12-5-6-15-9-12;/h7-8,12,15H,5-6,9H2,1-4H3;1H. The second-order valence-electron chi connectivity index (χ2n) is 5.28. The average molecular weight is 335 g/mol. The molecule has 21 heavy (non-hydrogen) atoms. The molecular weight excluding hydrogens is 312 g/mol. The van der Waals surface area contributed by atoms with Gasteiger partial charge in [0.2, 0.25) is 10.0 Å². The van der Waals surface area contributed by atoms with Gasteiger partial charge in [0, 0.05) is 19.6 Å². The molecule has 1 aliphatic rings. The second-order valence-corrected chi connectivity index (χ2v) is 7.22. The molecule has 1 N–H and O–H groups in total. The number of ether oxygens (including phenoxy) is 1. The molecule has 0 aromatic heterocycles. The van der Waals surface area contributed by atoms with Crippen molar-refractivity contribution in [1.82, 2.24) is 9.62 Å². The molecule has 0 spiro atoms. The van der Waals surface area contributed by atoms with E-state index in [9.17, 15) is 8.42 Å². The van der Waals surface area contributed by atoms with Crippen molar-refractivity contribution in [3.63, 3.8) is 0 Å². The van der Waals surface area contributed by atoms with Crippen molar-refractivity contribution in [3.05, 3.63) is 23.3 Å². The van der Waals surface area contributed by atoms with Gasteiger partial charge in [-0.2, -0.15) is 4.31 Å². The molecule has 0 bridgehead atoms. The minimum absolute atomic E-state index is 0. The van der Waals surface area contributed by atoms with Gasteiger partial charge in [-0.25, -0.2) is 8.42 Å². The lowest BCUT2D eigenvalue weighted by atomic mass is 10.1. The van der Waals surface area contributed by atoms with Crippen LogP contribution in [-0.4, -0.2) is 46.0 Å². The lowest BCUT2D eigenvalue weighted by Crippen LogP contribution is -2.38. The van der Waals surface area contributed by atoms with E-state index in [0.717, 1.165) is 24.1 Å². The summed E-state index contributed by atoms with van der Waals surface area (Å²) in [7, 11) is -0.395. The van der Waals surface area contributed by atoms with E-state index in [-0.39, 0.29) is 23.3 Å². The van der Waals surface area contributed by atoms with Crippen LogP contribution in [0.4, 0.5) is 0 Å². The van der Waals surface area contributed by atoms with Crippen molar-refractivity contribution in [2.75, 3.05) is 27.2 Å². The molecule has 1 aromatic carbocycles. The van der Waals surface area contributed by atoms with E-state index in [4.69, 9.17) is 4.74 Å². The van der Waals surface area contributed by atoms with E-state index in [1.54, 1.807) is 13.1 Å². The molecule has 1 fully saturated rings. The van der Waals surface area contributed by atoms with Crippen LogP contribution in [0.2, 0.25) is 0 Å².